The van der Waals surface area contributed by atoms with Crippen LogP contribution in [0.1, 0.15) is 83.7 Å². The largest absolute Gasteiger partial charge is 0.508 e. The predicted octanol–water partition coefficient (Wildman–Crippen LogP) is 5.27. The maximum absolute atomic E-state index is 12.9. The minimum Gasteiger partial charge on any atom is -0.508 e. The molecule has 1 heterocycles. The number of carboxylic acids is 2. The maximum Gasteiger partial charge on any atom is 0.328 e. The van der Waals surface area contributed by atoms with Crippen molar-refractivity contribution in [1.82, 2.24) is 31.9 Å². The molecule has 0 aliphatic heterocycles. The summed E-state index contributed by atoms with van der Waals surface area (Å²) in [6.07, 6.45) is 0. The van der Waals surface area contributed by atoms with Crippen LogP contribution in [0.2, 0.25) is 10.0 Å². The van der Waals surface area contributed by atoms with E-state index in [2.05, 4.69) is 31.9 Å². The lowest BCUT2D eigenvalue weighted by Crippen LogP contribution is -2.48. The van der Waals surface area contributed by atoms with Crippen molar-refractivity contribution in [3.63, 3.8) is 0 Å². The first kappa shape index (κ1) is 55.3. The number of nitrogens with one attached hydrogen (secondary N) is 6. The highest BCUT2D eigenvalue weighted by molar-refractivity contribution is 7.12. The van der Waals surface area contributed by atoms with Gasteiger partial charge in [0.1, 0.15) is 35.1 Å². The molecular weight excluding hydrogens is 1010 g/mol. The van der Waals surface area contributed by atoms with Crippen LogP contribution in [-0.4, -0.2) is 103 Å². The molecule has 380 valence electrons. The molecule has 0 saturated heterocycles. The third-order valence-electron chi connectivity index (χ3n) is 10.3. The SMILES string of the molecule is Cc1cc(C(=O)NCc2cccc(O)c2)cc(C)c1C(=O)N[C@@H](CNC(=O)c1cccs1)C(=O)O.O=C(NCc1cccc(O)c1)c1cc(Cl)c(C(=O)N[C@@H](CNC(=O)c2cc(O)cc(O)c2)C(=O)O)c(Cl)c1. The standard InChI is InChI=1S/C25H21Cl2N3O8.C25H25N3O6S/c26-18-7-14(23(35)28-10-12-2-1-3-15(31)4-12)8-19(27)21(18)24(36)30-20(25(37)38)11-29-22(34)13-5-16(32)9-17(33)6-13;1-14-9-17(22(30)26-12-16-5-3-6-18(29)11-16)10-15(2)21(14)24(32)28-19(25(33)34)13-27-23(31)20-7-4-8-35-20/h1-9,20,31-33H,10-11H2,(H,28,35)(H,29,34)(H,30,36)(H,37,38);3-11,19,29H,12-13H2,1-2H3,(H,26,30)(H,27,31)(H,28,32)(H,33,34)/t20-;19-/m00/s1. The van der Waals surface area contributed by atoms with Crippen LogP contribution in [0.15, 0.2) is 109 Å². The van der Waals surface area contributed by atoms with Gasteiger partial charge in [0.15, 0.2) is 0 Å². The summed E-state index contributed by atoms with van der Waals surface area (Å²) in [5.41, 5.74) is 2.57. The monoisotopic (exact) mass is 1060 g/mol. The molecule has 23 heteroatoms. The predicted molar refractivity (Wildman–Crippen MR) is 267 cm³/mol. The molecule has 0 unspecified atom stereocenters. The van der Waals surface area contributed by atoms with Gasteiger partial charge in [-0.1, -0.05) is 53.5 Å². The van der Waals surface area contributed by atoms with E-state index in [1.165, 1.54) is 41.7 Å². The molecule has 2 atom stereocenters. The van der Waals surface area contributed by atoms with Gasteiger partial charge in [0.2, 0.25) is 0 Å². The van der Waals surface area contributed by atoms with E-state index < -0.39 is 60.1 Å². The molecule has 0 aliphatic rings. The number of thiophene rings is 1. The van der Waals surface area contributed by atoms with Gasteiger partial charge < -0.3 is 62.5 Å². The molecule has 6 amide bonds. The van der Waals surface area contributed by atoms with E-state index in [0.717, 1.165) is 23.8 Å². The number of rotatable bonds is 18. The van der Waals surface area contributed by atoms with Crippen molar-refractivity contribution >= 4 is 81.9 Å². The quantitative estimate of drug-likeness (QED) is 0.0522. The second-order valence-corrected chi connectivity index (χ2v) is 17.6. The van der Waals surface area contributed by atoms with Crippen molar-refractivity contribution in [3.05, 3.63) is 174 Å². The average molecular weight is 1060 g/mol. The molecule has 5 aromatic carbocycles. The normalized spacial score (nSPS) is 11.3. The number of carbonyl (C=O) groups excluding carboxylic acids is 6. The topological polar surface area (TPSA) is 330 Å². The second-order valence-electron chi connectivity index (χ2n) is 15.9. The minimum absolute atomic E-state index is 0.0353. The molecule has 73 heavy (non-hydrogen) atoms. The lowest BCUT2D eigenvalue weighted by molar-refractivity contribution is -0.140. The van der Waals surface area contributed by atoms with E-state index in [1.807, 2.05) is 0 Å². The highest BCUT2D eigenvalue weighted by atomic mass is 35.5. The van der Waals surface area contributed by atoms with Crippen LogP contribution in [0, 0.1) is 13.8 Å². The van der Waals surface area contributed by atoms with Crippen molar-refractivity contribution in [1.29, 1.82) is 0 Å². The number of phenolic OH excluding ortho intramolecular Hbond substituents is 4. The van der Waals surface area contributed by atoms with Gasteiger partial charge in [0.25, 0.3) is 35.4 Å². The van der Waals surface area contributed by atoms with Crippen molar-refractivity contribution < 1.29 is 69.0 Å². The summed E-state index contributed by atoms with van der Waals surface area (Å²) in [6, 6.07) is 21.8. The fraction of sp³-hybridized carbons (Fsp3) is 0.160. The smallest absolute Gasteiger partial charge is 0.328 e. The van der Waals surface area contributed by atoms with E-state index in [4.69, 9.17) is 23.2 Å². The Bertz CT molecular complexity index is 3010. The van der Waals surface area contributed by atoms with Crippen molar-refractivity contribution in [2.24, 2.45) is 0 Å². The molecule has 1 aromatic heterocycles. The van der Waals surface area contributed by atoms with Gasteiger partial charge in [0, 0.05) is 54.5 Å². The number of hydrogen-bond donors (Lipinski definition) is 12. The number of aromatic hydroxyl groups is 4. The molecule has 12 N–H and O–H groups in total. The fourth-order valence-electron chi connectivity index (χ4n) is 6.85. The molecule has 0 saturated carbocycles. The summed E-state index contributed by atoms with van der Waals surface area (Å²) in [6.45, 7) is 2.78. The molecule has 20 nitrogen and oxygen atoms in total. The summed E-state index contributed by atoms with van der Waals surface area (Å²) in [4.78, 5) is 98.9. The third-order valence-corrected chi connectivity index (χ3v) is 11.8. The third kappa shape index (κ3) is 15.9. The minimum atomic E-state index is -1.60. The Kier molecular flexibility index (Phi) is 19.3. The van der Waals surface area contributed by atoms with Gasteiger partial charge in [-0.2, -0.15) is 0 Å². The number of aliphatic carboxylic acids is 2. The van der Waals surface area contributed by atoms with Crippen LogP contribution in [0.5, 0.6) is 23.0 Å². The van der Waals surface area contributed by atoms with E-state index in [0.29, 0.717) is 27.1 Å². The lowest BCUT2D eigenvalue weighted by atomic mass is 9.98. The van der Waals surface area contributed by atoms with E-state index in [-0.39, 0.29) is 80.8 Å². The first-order valence-electron chi connectivity index (χ1n) is 21.5. The van der Waals surface area contributed by atoms with E-state index >= 15 is 0 Å². The Morgan fingerprint density at radius 2 is 0.904 bits per heavy atom. The molecule has 0 fully saturated rings. The molecular formula is C50H46Cl2N6O14S. The Morgan fingerprint density at radius 1 is 0.479 bits per heavy atom. The van der Waals surface area contributed by atoms with E-state index in [9.17, 15) is 69.0 Å². The molecule has 0 bridgehead atoms. The maximum atomic E-state index is 12.9. The number of amides is 6. The second kappa shape index (κ2) is 25.5. The summed E-state index contributed by atoms with van der Waals surface area (Å²) in [5.74, 6) is -7.12. The zero-order chi connectivity index (χ0) is 53.5. The zero-order valence-corrected chi connectivity index (χ0v) is 40.8. The molecule has 6 aromatic rings. The van der Waals surface area contributed by atoms with Crippen LogP contribution in [0.3, 0.4) is 0 Å². The summed E-state index contributed by atoms with van der Waals surface area (Å²) >= 11 is 13.6. The number of benzene rings is 5. The van der Waals surface area contributed by atoms with Gasteiger partial charge in [-0.05, 0) is 108 Å². The van der Waals surface area contributed by atoms with Crippen LogP contribution >= 0.6 is 34.5 Å². The van der Waals surface area contributed by atoms with Gasteiger partial charge in [-0.15, -0.1) is 11.3 Å². The first-order valence-corrected chi connectivity index (χ1v) is 23.2. The zero-order valence-electron chi connectivity index (χ0n) is 38.5. The number of aryl methyl sites for hydroxylation is 2. The highest BCUT2D eigenvalue weighted by Crippen LogP contribution is 2.27. The van der Waals surface area contributed by atoms with Crippen molar-refractivity contribution in [2.45, 2.75) is 39.0 Å². The molecule has 0 radical (unpaired) electrons. The Balaban J connectivity index is 0.000000272. The Morgan fingerprint density at radius 3 is 1.34 bits per heavy atom. The van der Waals surface area contributed by atoms with Crippen LogP contribution in [0.25, 0.3) is 0 Å². The summed E-state index contributed by atoms with van der Waals surface area (Å²) < 4.78 is 0. The van der Waals surface area contributed by atoms with Crippen LogP contribution < -0.4 is 31.9 Å². The van der Waals surface area contributed by atoms with Crippen molar-refractivity contribution in [3.8, 4) is 23.0 Å². The van der Waals surface area contributed by atoms with E-state index in [1.54, 1.807) is 73.8 Å². The van der Waals surface area contributed by atoms with Crippen LogP contribution in [-0.2, 0) is 22.7 Å². The van der Waals surface area contributed by atoms with Crippen LogP contribution in [0.4, 0.5) is 0 Å². The number of carbonyl (C=O) groups is 8. The summed E-state index contributed by atoms with van der Waals surface area (Å²) in [7, 11) is 0. The number of halogens is 2. The van der Waals surface area contributed by atoms with Gasteiger partial charge in [-0.3, -0.25) is 28.8 Å². The van der Waals surface area contributed by atoms with Gasteiger partial charge in [0.05, 0.1) is 20.5 Å². The van der Waals surface area contributed by atoms with Gasteiger partial charge >= 0.3 is 11.9 Å². The average Bonchev–Trinajstić information content (AvgIpc) is 3.87. The Labute approximate surface area is 429 Å². The number of carboxylic acid groups (broad SMARTS) is 2. The molecule has 6 rings (SSSR count). The molecule has 0 spiro atoms. The number of phenols is 4. The highest BCUT2D eigenvalue weighted by Gasteiger charge is 2.27. The van der Waals surface area contributed by atoms with Gasteiger partial charge in [-0.25, -0.2) is 9.59 Å². The lowest BCUT2D eigenvalue weighted by Gasteiger charge is -2.18. The Hall–Kier alpha value is -8.66. The van der Waals surface area contributed by atoms with Crippen molar-refractivity contribution in [2.75, 3.05) is 13.1 Å². The molecule has 0 aliphatic carbocycles. The fourth-order valence-corrected chi connectivity index (χ4v) is 8.15. The number of hydrogen-bond acceptors (Lipinski definition) is 13. The first-order chi connectivity index (χ1) is 34.6. The summed E-state index contributed by atoms with van der Waals surface area (Å²) in [5, 5.41) is 73.2.